The number of rotatable bonds is 8. The van der Waals surface area contributed by atoms with Crippen LogP contribution in [-0.4, -0.2) is 51.0 Å². The summed E-state index contributed by atoms with van der Waals surface area (Å²) in [6.45, 7) is 5.78. The lowest BCUT2D eigenvalue weighted by Gasteiger charge is -2.57. The number of hydrogen-bond donors (Lipinski definition) is 1. The summed E-state index contributed by atoms with van der Waals surface area (Å²) < 4.78 is 2.07. The first-order valence-corrected chi connectivity index (χ1v) is 12.8. The number of carbonyl (C=O) groups is 2. The predicted molar refractivity (Wildman–Crippen MR) is 125 cm³/mol. The van der Waals surface area contributed by atoms with E-state index in [-0.39, 0.29) is 30.1 Å². The van der Waals surface area contributed by atoms with E-state index in [9.17, 15) is 9.59 Å². The van der Waals surface area contributed by atoms with E-state index >= 15 is 0 Å². The molecule has 1 heterocycles. The lowest BCUT2D eigenvalue weighted by atomic mass is 9.53. The van der Waals surface area contributed by atoms with Crippen LogP contribution in [0.4, 0.5) is 4.79 Å². The second-order valence-electron chi connectivity index (χ2n) is 11.8. The van der Waals surface area contributed by atoms with Crippen molar-refractivity contribution in [3.63, 3.8) is 0 Å². The van der Waals surface area contributed by atoms with Crippen molar-refractivity contribution < 1.29 is 9.59 Å². The van der Waals surface area contributed by atoms with Crippen molar-refractivity contribution in [3.05, 3.63) is 24.0 Å². The van der Waals surface area contributed by atoms with Crippen molar-refractivity contribution >= 4 is 11.9 Å². The van der Waals surface area contributed by atoms with Crippen molar-refractivity contribution in [2.24, 2.45) is 30.7 Å². The fraction of sp³-hybridized carbons (Fsp3) is 0.769. The second kappa shape index (κ2) is 8.42. The molecule has 4 bridgehead atoms. The van der Waals surface area contributed by atoms with Crippen molar-refractivity contribution in [2.45, 2.75) is 83.3 Å². The number of amides is 3. The van der Waals surface area contributed by atoms with Gasteiger partial charge in [-0.1, -0.05) is 13.8 Å². The monoisotopic (exact) mass is 440 g/mol. The number of hydrogen-bond acceptors (Lipinski definition) is 2. The molecule has 5 fully saturated rings. The normalized spacial score (nSPS) is 30.6. The number of urea groups is 1. The Kier molecular flexibility index (Phi) is 5.75. The van der Waals surface area contributed by atoms with Crippen LogP contribution in [0.15, 0.2) is 18.3 Å². The molecule has 0 aromatic carbocycles. The van der Waals surface area contributed by atoms with Crippen molar-refractivity contribution in [1.29, 1.82) is 0 Å². The van der Waals surface area contributed by atoms with Crippen LogP contribution in [0.5, 0.6) is 0 Å². The lowest BCUT2D eigenvalue weighted by molar-refractivity contribution is -0.133. The summed E-state index contributed by atoms with van der Waals surface area (Å²) in [5.41, 5.74) is 1.11. The van der Waals surface area contributed by atoms with Crippen molar-refractivity contribution in [3.8, 4) is 0 Å². The molecular weight excluding hydrogens is 400 g/mol. The predicted octanol–water partition coefficient (Wildman–Crippen LogP) is 4.15. The third-order valence-electron chi connectivity index (χ3n) is 8.31. The average Bonchev–Trinajstić information content (AvgIpc) is 3.46. The molecule has 176 valence electrons. The van der Waals surface area contributed by atoms with E-state index in [1.54, 1.807) is 0 Å². The molecule has 1 aromatic rings. The van der Waals surface area contributed by atoms with Gasteiger partial charge in [0.1, 0.15) is 6.54 Å². The van der Waals surface area contributed by atoms with Gasteiger partial charge >= 0.3 is 6.03 Å². The number of aryl methyl sites for hydroxylation is 1. The average molecular weight is 441 g/mol. The van der Waals surface area contributed by atoms with E-state index in [1.807, 2.05) is 29.1 Å². The molecular formula is C26H40N4O2. The second-order valence-corrected chi connectivity index (χ2v) is 11.8. The number of carbonyl (C=O) groups excluding carboxylic acids is 2. The molecule has 1 N–H and O–H groups in total. The SMILES string of the molecule is CC(C)CN(Cc1cccn1C)C(=O)CN(C(=O)NC12CC3CC(CC(C3)C1)C2)C1CC1. The largest absolute Gasteiger partial charge is 0.353 e. The summed E-state index contributed by atoms with van der Waals surface area (Å²) in [5.74, 6) is 2.83. The molecule has 0 spiro atoms. The minimum absolute atomic E-state index is 0.00571. The van der Waals surface area contributed by atoms with Crippen LogP contribution in [-0.2, 0) is 18.4 Å². The highest BCUT2D eigenvalue weighted by atomic mass is 16.2. The highest BCUT2D eigenvalue weighted by molar-refractivity contribution is 5.85. The van der Waals surface area contributed by atoms with Gasteiger partial charge in [-0.25, -0.2) is 4.79 Å². The Morgan fingerprint density at radius 1 is 1.12 bits per heavy atom. The number of nitrogens with zero attached hydrogens (tertiary/aromatic N) is 3. The van der Waals surface area contributed by atoms with E-state index in [0.717, 1.165) is 55.6 Å². The van der Waals surface area contributed by atoms with Gasteiger partial charge in [-0.2, -0.15) is 0 Å². The summed E-state index contributed by atoms with van der Waals surface area (Å²) in [4.78, 5) is 30.7. The minimum Gasteiger partial charge on any atom is -0.353 e. The van der Waals surface area contributed by atoms with E-state index in [1.165, 1.54) is 19.3 Å². The Morgan fingerprint density at radius 3 is 2.25 bits per heavy atom. The van der Waals surface area contributed by atoms with Crippen LogP contribution in [0.3, 0.4) is 0 Å². The maximum absolute atomic E-state index is 13.5. The van der Waals surface area contributed by atoms with Crippen molar-refractivity contribution in [2.75, 3.05) is 13.1 Å². The first-order chi connectivity index (χ1) is 15.3. The molecule has 5 aliphatic carbocycles. The fourth-order valence-corrected chi connectivity index (χ4v) is 7.11. The lowest BCUT2D eigenvalue weighted by Crippen LogP contribution is -2.62. The van der Waals surface area contributed by atoms with Crippen molar-refractivity contribution in [1.82, 2.24) is 19.7 Å². The van der Waals surface area contributed by atoms with E-state index in [0.29, 0.717) is 19.0 Å². The summed E-state index contributed by atoms with van der Waals surface area (Å²) >= 11 is 0. The zero-order valence-electron chi connectivity index (χ0n) is 20.1. The van der Waals surface area contributed by atoms with Gasteiger partial charge in [-0.05, 0) is 87.2 Å². The Labute approximate surface area is 192 Å². The van der Waals surface area contributed by atoms with Gasteiger partial charge in [0.2, 0.25) is 5.91 Å². The number of nitrogens with one attached hydrogen (secondary N) is 1. The fourth-order valence-electron chi connectivity index (χ4n) is 7.11. The Morgan fingerprint density at radius 2 is 1.75 bits per heavy atom. The van der Waals surface area contributed by atoms with Crippen LogP contribution >= 0.6 is 0 Å². The van der Waals surface area contributed by atoms with E-state index in [2.05, 4.69) is 29.8 Å². The third-order valence-corrected chi connectivity index (χ3v) is 8.31. The first kappa shape index (κ1) is 21.8. The molecule has 6 heteroatoms. The molecule has 0 atom stereocenters. The molecule has 32 heavy (non-hydrogen) atoms. The van der Waals surface area contributed by atoms with Gasteiger partial charge < -0.3 is 19.7 Å². The molecule has 0 aliphatic heterocycles. The Bertz CT molecular complexity index is 820. The quantitative estimate of drug-likeness (QED) is 0.660. The summed E-state index contributed by atoms with van der Waals surface area (Å²) in [7, 11) is 2.02. The highest BCUT2D eigenvalue weighted by Crippen LogP contribution is 2.55. The highest BCUT2D eigenvalue weighted by Gasteiger charge is 2.52. The smallest absolute Gasteiger partial charge is 0.318 e. The van der Waals surface area contributed by atoms with E-state index in [4.69, 9.17) is 0 Å². The Balaban J connectivity index is 1.26. The van der Waals surface area contributed by atoms with Gasteiger partial charge in [-0.3, -0.25) is 4.79 Å². The zero-order valence-corrected chi connectivity index (χ0v) is 20.1. The van der Waals surface area contributed by atoms with Gasteiger partial charge in [0.05, 0.1) is 6.54 Å². The standard InChI is InChI=1S/C26H40N4O2/c1-18(2)15-29(16-23-5-4-8-28(23)3)24(31)17-30(22-6-7-22)25(32)27-26-12-19-9-20(13-26)11-21(10-19)14-26/h4-5,8,18-22H,6-7,9-17H2,1-3H3,(H,27,32). The minimum atomic E-state index is -0.0112. The molecule has 0 radical (unpaired) electrons. The maximum atomic E-state index is 13.5. The Hall–Kier alpha value is -1.98. The van der Waals surface area contributed by atoms with Gasteiger partial charge in [0.15, 0.2) is 0 Å². The molecule has 0 unspecified atom stereocenters. The van der Waals surface area contributed by atoms with Crippen LogP contribution in [0.2, 0.25) is 0 Å². The van der Waals surface area contributed by atoms with Crippen LogP contribution < -0.4 is 5.32 Å². The molecule has 3 amide bonds. The van der Waals surface area contributed by atoms with Crippen LogP contribution in [0.1, 0.15) is 70.9 Å². The zero-order chi connectivity index (χ0) is 22.5. The van der Waals surface area contributed by atoms with Gasteiger partial charge in [-0.15, -0.1) is 0 Å². The molecule has 0 saturated heterocycles. The molecule has 6 rings (SSSR count). The van der Waals surface area contributed by atoms with Crippen LogP contribution in [0, 0.1) is 23.7 Å². The summed E-state index contributed by atoms with van der Waals surface area (Å²) in [6, 6.07) is 4.32. The van der Waals surface area contributed by atoms with Gasteiger partial charge in [0.25, 0.3) is 0 Å². The molecule has 6 nitrogen and oxygen atoms in total. The molecule has 1 aromatic heterocycles. The first-order valence-electron chi connectivity index (χ1n) is 12.8. The maximum Gasteiger partial charge on any atom is 0.318 e. The summed E-state index contributed by atoms with van der Waals surface area (Å²) in [6.07, 6.45) is 11.6. The summed E-state index contributed by atoms with van der Waals surface area (Å²) in [5, 5.41) is 3.50. The van der Waals surface area contributed by atoms with E-state index < -0.39 is 0 Å². The van der Waals surface area contributed by atoms with Crippen LogP contribution in [0.25, 0.3) is 0 Å². The third kappa shape index (κ3) is 4.55. The topological polar surface area (TPSA) is 57.6 Å². The molecule has 5 aliphatic rings. The molecule has 5 saturated carbocycles. The van der Waals surface area contributed by atoms with Gasteiger partial charge in [0, 0.05) is 37.1 Å². The number of aromatic nitrogens is 1.